The van der Waals surface area contributed by atoms with Crippen molar-refractivity contribution in [1.29, 1.82) is 0 Å². The minimum absolute atomic E-state index is 0. The fourth-order valence-corrected chi connectivity index (χ4v) is 1.84. The predicted molar refractivity (Wildman–Crippen MR) is 83.4 cm³/mol. The molecule has 0 spiro atoms. The molecule has 224 valence electrons. The van der Waals surface area contributed by atoms with E-state index in [0.29, 0.717) is 0 Å². The Hall–Kier alpha value is 2.33. The Morgan fingerprint density at radius 3 is 0.526 bits per heavy atom. The average Bonchev–Trinajstić information content (AvgIpc) is 2.46. The van der Waals surface area contributed by atoms with Crippen LogP contribution in [0.3, 0.4) is 0 Å². The summed E-state index contributed by atoms with van der Waals surface area (Å²) in [7, 11) is -31.9. The molecule has 0 aliphatic rings. The van der Waals surface area contributed by atoms with Gasteiger partial charge in [-0.1, -0.05) is 0 Å². The van der Waals surface area contributed by atoms with Crippen molar-refractivity contribution in [3.63, 3.8) is 0 Å². The van der Waals surface area contributed by atoms with Crippen LogP contribution in [-0.4, -0.2) is 121 Å². The second-order valence-electron chi connectivity index (χ2n) is 3.07. The van der Waals surface area contributed by atoms with Gasteiger partial charge in [-0.15, -0.1) is 26.0 Å². The van der Waals surface area contributed by atoms with Gasteiger partial charge in [-0.2, -0.15) is 0 Å². The molecule has 0 aromatic heterocycles. The van der Waals surface area contributed by atoms with Crippen molar-refractivity contribution in [2.45, 2.75) is 0 Å². The van der Waals surface area contributed by atoms with Crippen LogP contribution in [0.15, 0.2) is 0 Å². The third-order valence-electron chi connectivity index (χ3n) is 0.583. The molecule has 0 amide bonds. The molecule has 0 aliphatic carbocycles. The first-order chi connectivity index (χ1) is 14.4. The van der Waals surface area contributed by atoms with E-state index < -0.39 is 73.8 Å². The van der Waals surface area contributed by atoms with Gasteiger partial charge in [0.1, 0.15) is 0 Å². The molecule has 1 atom stereocenters. The maximum absolute atomic E-state index is 9.37. The normalized spacial score (nSPS) is 12.2. The first-order valence-corrected chi connectivity index (χ1v) is 14.0. The van der Waals surface area contributed by atoms with E-state index >= 15 is 0 Å². The first kappa shape index (κ1) is 59.7. The number of hydrogen-bond donors (Lipinski definition) is 1. The summed E-state index contributed by atoms with van der Waals surface area (Å²) in [4.78, 5) is 0. The molecule has 0 aromatic carbocycles. The van der Waals surface area contributed by atoms with Gasteiger partial charge in [0.05, 0.1) is 11.4 Å². The second-order valence-corrected chi connectivity index (χ2v) is 9.22. The second kappa shape index (κ2) is 25.8. The Bertz CT molecular complexity index is 996. The zero-order valence-electron chi connectivity index (χ0n) is 15.6. The Morgan fingerprint density at radius 1 is 0.447 bits per heavy atom. The van der Waals surface area contributed by atoms with Crippen LogP contribution in [0.4, 0.5) is 0 Å². The van der Waals surface area contributed by atoms with Gasteiger partial charge >= 0.3 is 93.3 Å². The first-order valence-electron chi connectivity index (χ1n) is 5.02. The van der Waals surface area contributed by atoms with Gasteiger partial charge in [0, 0.05) is 0 Å². The SMILES string of the molecule is O=S(=O)([O-])OOS(=O)(=O)[O-].O=S(=O)([O-])OOS(=O)(=O)[O-].O=S(=O)([O-])OOS(=O)(=O)[O-].O=S([O-])O.[Fe+3].[Fe+3].[Na+].[NaH]. The quantitative estimate of drug-likeness (QED) is 0.0563. The molecular formula is H2Fe2Na2O27S7. The van der Waals surface area contributed by atoms with Gasteiger partial charge in [-0.25, -0.2) is 54.7 Å². The van der Waals surface area contributed by atoms with Crippen molar-refractivity contribution >= 4 is 103 Å². The van der Waals surface area contributed by atoms with Crippen molar-refractivity contribution in [2.24, 2.45) is 0 Å². The summed E-state index contributed by atoms with van der Waals surface area (Å²) >= 11 is -2.86. The Kier molecular flexibility index (Phi) is 40.5. The van der Waals surface area contributed by atoms with Gasteiger partial charge < -0.3 is 36.4 Å². The summed E-state index contributed by atoms with van der Waals surface area (Å²) in [6.45, 7) is 0. The molecule has 27 nitrogen and oxygen atoms in total. The Labute approximate surface area is 280 Å². The van der Waals surface area contributed by atoms with Gasteiger partial charge in [0.15, 0.2) is 0 Å². The van der Waals surface area contributed by atoms with E-state index in [4.69, 9.17) is 13.3 Å². The van der Waals surface area contributed by atoms with Crippen LogP contribution in [0, 0.1) is 0 Å². The van der Waals surface area contributed by atoms with E-state index in [9.17, 15) is 77.8 Å². The van der Waals surface area contributed by atoms with Crippen LogP contribution >= 0.6 is 0 Å². The molecule has 0 fully saturated rings. The van der Waals surface area contributed by atoms with Crippen LogP contribution in [0.1, 0.15) is 0 Å². The number of rotatable bonds is 9. The monoisotopic (exact) mass is 816 g/mol. The molecule has 38 heteroatoms. The molecule has 0 aliphatic heterocycles. The molecule has 2 radical (unpaired) electrons. The molecular weight excluding hydrogens is 814 g/mol. The van der Waals surface area contributed by atoms with E-state index in [-0.39, 0.29) is 93.3 Å². The van der Waals surface area contributed by atoms with E-state index in [1.807, 2.05) is 0 Å². The maximum atomic E-state index is 9.37. The summed E-state index contributed by atoms with van der Waals surface area (Å²) in [6.07, 6.45) is 0. The predicted octanol–water partition coefficient (Wildman–Crippen LogP) is -10.7. The van der Waals surface area contributed by atoms with Gasteiger partial charge in [-0.3, -0.25) is 0 Å². The van der Waals surface area contributed by atoms with E-state index in [0.717, 1.165) is 0 Å². The Morgan fingerprint density at radius 2 is 0.500 bits per heavy atom. The van der Waals surface area contributed by atoms with E-state index in [2.05, 4.69) is 26.0 Å². The molecule has 0 heterocycles. The minimum atomic E-state index is -5.31. The molecule has 1 N–H and O–H groups in total. The van der Waals surface area contributed by atoms with Crippen molar-refractivity contribution in [3.8, 4) is 0 Å². The topological polar surface area (TPSA) is 459 Å². The zero-order chi connectivity index (χ0) is 28.8. The molecule has 0 bridgehead atoms. The van der Waals surface area contributed by atoms with Crippen LogP contribution in [0.2, 0.25) is 0 Å². The Balaban J connectivity index is -0.0000000526. The van der Waals surface area contributed by atoms with Gasteiger partial charge in [0.2, 0.25) is 62.4 Å². The molecule has 0 saturated heterocycles. The van der Waals surface area contributed by atoms with E-state index in [1.165, 1.54) is 0 Å². The summed E-state index contributed by atoms with van der Waals surface area (Å²) in [5, 5.41) is 0. The van der Waals surface area contributed by atoms with Crippen molar-refractivity contribution in [2.75, 3.05) is 0 Å². The summed E-state index contributed by atoms with van der Waals surface area (Å²) in [6, 6.07) is 0. The fraction of sp³-hybridized carbons (Fsp3) is 0. The molecule has 0 rings (SSSR count). The van der Waals surface area contributed by atoms with Crippen LogP contribution < -0.4 is 29.6 Å². The summed E-state index contributed by atoms with van der Waals surface area (Å²) in [5.41, 5.74) is 0. The molecule has 38 heavy (non-hydrogen) atoms. The molecule has 0 aromatic rings. The number of hydrogen-bond acceptors (Lipinski definition) is 26. The van der Waals surface area contributed by atoms with E-state index in [1.54, 1.807) is 0 Å². The third kappa shape index (κ3) is 98.1. The fourth-order valence-electron chi connectivity index (χ4n) is 0.204. The van der Waals surface area contributed by atoms with Crippen LogP contribution in [-0.2, 0) is 134 Å². The van der Waals surface area contributed by atoms with Crippen molar-refractivity contribution < 1.29 is 181 Å². The van der Waals surface area contributed by atoms with Crippen molar-refractivity contribution in [1.82, 2.24) is 0 Å². The van der Waals surface area contributed by atoms with Gasteiger partial charge in [-0.05, 0) is 0 Å². The average molecular weight is 816 g/mol. The van der Waals surface area contributed by atoms with Crippen LogP contribution in [0.25, 0.3) is 0 Å². The standard InChI is InChI=1S/2Fe.2Na.3H2O8S2.H2O3S.H/c;;;;3*1-9(2,3)7-8-10(4,5)6;1-4(2)3;/h;;;;3*(H,1,2,3)(H,4,5,6);(H2,1,2,3);/q2*+3;;+1;;;;;/p-7. The molecule has 0 saturated carbocycles. The van der Waals surface area contributed by atoms with Gasteiger partial charge in [0.25, 0.3) is 0 Å². The molecule has 1 unspecified atom stereocenters. The zero-order valence-corrected chi connectivity index (χ0v) is 25.6. The summed E-state index contributed by atoms with van der Waals surface area (Å²) in [5.74, 6) is 0. The van der Waals surface area contributed by atoms with Crippen LogP contribution in [0.5, 0.6) is 0 Å². The summed E-state index contributed by atoms with van der Waals surface area (Å²) < 4.78 is 208. The third-order valence-corrected chi connectivity index (χ3v) is 2.25. The van der Waals surface area contributed by atoms with Crippen molar-refractivity contribution in [3.05, 3.63) is 0 Å².